The third-order valence-electron chi connectivity index (χ3n) is 7.68. The number of nitrogens with zero attached hydrogens (tertiary/aromatic N) is 7. The van der Waals surface area contributed by atoms with Crippen LogP contribution in [0, 0.1) is 13.8 Å². The molecular weight excluding hydrogens is 554 g/mol. The van der Waals surface area contributed by atoms with Gasteiger partial charge in [-0.15, -0.1) is 15.0 Å². The van der Waals surface area contributed by atoms with Gasteiger partial charge in [0.25, 0.3) is 0 Å². The Morgan fingerprint density at radius 2 is 1.67 bits per heavy atom. The molecule has 222 valence electrons. The molecule has 0 spiro atoms. The van der Waals surface area contributed by atoms with Gasteiger partial charge in [-0.1, -0.05) is 55.5 Å². The molecule has 1 fully saturated rings. The summed E-state index contributed by atoms with van der Waals surface area (Å²) in [5.41, 5.74) is 7.31. The number of aryl methyl sites for hydroxylation is 3. The third kappa shape index (κ3) is 5.16. The van der Waals surface area contributed by atoms with E-state index >= 15 is 0 Å². The first-order valence-electron chi connectivity index (χ1n) is 13.9. The maximum absolute atomic E-state index is 11.5. The number of carboxylic acid groups (broad SMARTS) is 1. The van der Waals surface area contributed by atoms with Gasteiger partial charge in [0.2, 0.25) is 12.1 Å². The van der Waals surface area contributed by atoms with Crippen molar-refractivity contribution >= 4 is 17.1 Å². The van der Waals surface area contributed by atoms with Gasteiger partial charge in [-0.25, -0.2) is 14.8 Å². The van der Waals surface area contributed by atoms with Gasteiger partial charge in [0.05, 0.1) is 6.54 Å². The Morgan fingerprint density at radius 3 is 2.37 bits per heavy atom. The number of carbonyl (C=O) groups is 1. The number of aromatic nitrogens is 7. The Bertz CT molecular complexity index is 1800. The molecular formula is C30H31N7O6. The average molecular weight is 586 g/mol. The first-order valence-corrected chi connectivity index (χ1v) is 13.9. The molecule has 1 aliphatic rings. The minimum atomic E-state index is -1.82. The van der Waals surface area contributed by atoms with Crippen LogP contribution in [0.1, 0.15) is 35.8 Å². The van der Waals surface area contributed by atoms with E-state index in [0.29, 0.717) is 12.1 Å². The molecule has 3 aromatic heterocycles. The summed E-state index contributed by atoms with van der Waals surface area (Å²) in [5.74, 6) is -0.313. The molecule has 0 bridgehead atoms. The van der Waals surface area contributed by atoms with Gasteiger partial charge in [0.1, 0.15) is 29.7 Å². The van der Waals surface area contributed by atoms with Gasteiger partial charge in [-0.3, -0.25) is 0 Å². The van der Waals surface area contributed by atoms with E-state index in [1.165, 1.54) is 0 Å². The SMILES string of the molecule is CCc1nc2c(C)cc(C)nc2n1Cc1ccc(-c2ccccc2-c2nnn([C@@H]3O[C@H](C(=O)O)[C@@H](O)[C@H](O)[C@@H]3O)n2)cc1. The Morgan fingerprint density at radius 1 is 0.953 bits per heavy atom. The number of hydrogen-bond acceptors (Lipinski definition) is 10. The fourth-order valence-electron chi connectivity index (χ4n) is 5.48. The van der Waals surface area contributed by atoms with Crippen molar-refractivity contribution in [1.82, 2.24) is 34.7 Å². The summed E-state index contributed by atoms with van der Waals surface area (Å²) in [5, 5.41) is 52.4. The number of tetrazole rings is 1. The molecule has 5 aromatic rings. The molecule has 1 aliphatic heterocycles. The maximum Gasteiger partial charge on any atom is 0.335 e. The van der Waals surface area contributed by atoms with E-state index in [9.17, 15) is 25.2 Å². The number of pyridine rings is 1. The van der Waals surface area contributed by atoms with Crippen molar-refractivity contribution < 1.29 is 30.0 Å². The van der Waals surface area contributed by atoms with Gasteiger partial charge in [0, 0.05) is 17.7 Å². The van der Waals surface area contributed by atoms with E-state index in [0.717, 1.165) is 56.2 Å². The standard InChI is InChI=1S/C30H31N7O6/c1-4-21-32-22-15(2)13-16(3)31-28(22)36(21)14-17-9-11-18(12-10-17)19-7-5-6-8-20(19)27-33-35-37(34-27)29-25(40)23(38)24(39)26(43-29)30(41)42/h5-13,23-26,29,38-40H,4,14H2,1-3H3,(H,41,42)/t23-,24-,25-,26-,29+/m0/s1. The number of aliphatic carboxylic acids is 1. The molecule has 4 heterocycles. The van der Waals surface area contributed by atoms with E-state index in [1.54, 1.807) is 0 Å². The highest BCUT2D eigenvalue weighted by Crippen LogP contribution is 2.32. The van der Waals surface area contributed by atoms with Crippen LogP contribution in [0.5, 0.6) is 0 Å². The Kier molecular flexibility index (Phi) is 7.48. The summed E-state index contributed by atoms with van der Waals surface area (Å²) in [6, 6.07) is 17.6. The second-order valence-electron chi connectivity index (χ2n) is 10.7. The zero-order chi connectivity index (χ0) is 30.4. The quantitative estimate of drug-likeness (QED) is 0.219. The Hall–Kier alpha value is -4.56. The van der Waals surface area contributed by atoms with Crippen LogP contribution in [-0.2, 0) is 22.5 Å². The number of imidazole rings is 1. The summed E-state index contributed by atoms with van der Waals surface area (Å²) >= 11 is 0. The number of rotatable bonds is 7. The zero-order valence-electron chi connectivity index (χ0n) is 23.7. The lowest BCUT2D eigenvalue weighted by Gasteiger charge is -2.37. The van der Waals surface area contributed by atoms with Crippen LogP contribution in [0.4, 0.5) is 0 Å². The Labute approximate surface area is 246 Å². The van der Waals surface area contributed by atoms with E-state index in [2.05, 4.69) is 46.0 Å². The van der Waals surface area contributed by atoms with Crippen LogP contribution in [0.25, 0.3) is 33.7 Å². The fourth-order valence-corrected chi connectivity index (χ4v) is 5.48. The van der Waals surface area contributed by atoms with Crippen molar-refractivity contribution in [1.29, 1.82) is 0 Å². The van der Waals surface area contributed by atoms with Gasteiger partial charge in [0.15, 0.2) is 11.8 Å². The van der Waals surface area contributed by atoms with Crippen LogP contribution in [0.15, 0.2) is 54.6 Å². The number of aliphatic hydroxyl groups is 3. The number of ether oxygens (including phenoxy) is 1. The summed E-state index contributed by atoms with van der Waals surface area (Å²) in [7, 11) is 0. The van der Waals surface area contributed by atoms with E-state index in [-0.39, 0.29) is 5.82 Å². The van der Waals surface area contributed by atoms with Crippen molar-refractivity contribution in [2.45, 2.75) is 64.4 Å². The smallest absolute Gasteiger partial charge is 0.335 e. The van der Waals surface area contributed by atoms with Gasteiger partial charge in [-0.2, -0.15) is 0 Å². The first kappa shape index (κ1) is 28.6. The third-order valence-corrected chi connectivity index (χ3v) is 7.68. The number of benzene rings is 2. The molecule has 1 saturated heterocycles. The van der Waals surface area contributed by atoms with Crippen molar-refractivity contribution in [3.8, 4) is 22.5 Å². The topological polar surface area (TPSA) is 182 Å². The predicted molar refractivity (Wildman–Crippen MR) is 154 cm³/mol. The summed E-state index contributed by atoms with van der Waals surface area (Å²) < 4.78 is 7.49. The van der Waals surface area contributed by atoms with Crippen LogP contribution >= 0.6 is 0 Å². The van der Waals surface area contributed by atoms with Crippen LogP contribution < -0.4 is 0 Å². The minimum absolute atomic E-state index is 0.206. The average Bonchev–Trinajstić information content (AvgIpc) is 3.62. The highest BCUT2D eigenvalue weighted by Gasteiger charge is 2.48. The maximum atomic E-state index is 11.5. The largest absolute Gasteiger partial charge is 0.479 e. The van der Waals surface area contributed by atoms with Gasteiger partial charge in [-0.05, 0) is 47.4 Å². The molecule has 43 heavy (non-hydrogen) atoms. The summed E-state index contributed by atoms with van der Waals surface area (Å²) in [6.07, 6.45) is -7.74. The molecule has 13 nitrogen and oxygen atoms in total. The molecule has 0 aliphatic carbocycles. The molecule has 4 N–H and O–H groups in total. The van der Waals surface area contributed by atoms with Crippen molar-refractivity contribution in [3.63, 3.8) is 0 Å². The number of aliphatic hydroxyl groups excluding tert-OH is 3. The molecule has 0 amide bonds. The Balaban J connectivity index is 1.28. The zero-order valence-corrected chi connectivity index (χ0v) is 23.7. The molecule has 0 radical (unpaired) electrons. The lowest BCUT2D eigenvalue weighted by molar-refractivity contribution is -0.251. The molecule has 13 heteroatoms. The van der Waals surface area contributed by atoms with Crippen molar-refractivity contribution in [2.24, 2.45) is 0 Å². The summed E-state index contributed by atoms with van der Waals surface area (Å²) in [4.78, 5) is 22.0. The lowest BCUT2D eigenvalue weighted by atomic mass is 9.98. The molecule has 0 unspecified atom stereocenters. The second-order valence-corrected chi connectivity index (χ2v) is 10.7. The van der Waals surface area contributed by atoms with E-state index in [1.807, 2.05) is 49.4 Å². The first-order chi connectivity index (χ1) is 20.7. The second kappa shape index (κ2) is 11.3. The van der Waals surface area contributed by atoms with Crippen LogP contribution in [0.3, 0.4) is 0 Å². The predicted octanol–water partition coefficient (Wildman–Crippen LogP) is 2.04. The number of carboxylic acids is 1. The number of hydrogen-bond donors (Lipinski definition) is 4. The lowest BCUT2D eigenvalue weighted by Crippen LogP contribution is -2.58. The van der Waals surface area contributed by atoms with Crippen LogP contribution in [-0.4, -0.2) is 85.6 Å². The van der Waals surface area contributed by atoms with E-state index in [4.69, 9.17) is 14.7 Å². The van der Waals surface area contributed by atoms with E-state index < -0.39 is 36.6 Å². The summed E-state index contributed by atoms with van der Waals surface area (Å²) in [6.45, 7) is 6.74. The minimum Gasteiger partial charge on any atom is -0.479 e. The van der Waals surface area contributed by atoms with Gasteiger partial charge < -0.3 is 29.7 Å². The highest BCUT2D eigenvalue weighted by molar-refractivity contribution is 5.80. The molecule has 0 saturated carbocycles. The fraction of sp³-hybridized carbons (Fsp3) is 0.333. The van der Waals surface area contributed by atoms with Crippen molar-refractivity contribution in [2.75, 3.05) is 0 Å². The number of fused-ring (bicyclic) bond motifs is 1. The normalized spacial score (nSPS) is 22.2. The molecule has 5 atom stereocenters. The molecule has 6 rings (SSSR count). The monoisotopic (exact) mass is 585 g/mol. The van der Waals surface area contributed by atoms with Gasteiger partial charge >= 0.3 is 5.97 Å². The molecule has 2 aromatic carbocycles. The highest BCUT2D eigenvalue weighted by atomic mass is 16.6. The van der Waals surface area contributed by atoms with Crippen LogP contribution in [0.2, 0.25) is 0 Å². The van der Waals surface area contributed by atoms with Crippen molar-refractivity contribution in [3.05, 3.63) is 77.2 Å².